The Hall–Kier alpha value is -3.05. The number of hydrogen-bond donors (Lipinski definition) is 1. The van der Waals surface area contributed by atoms with Gasteiger partial charge in [0.15, 0.2) is 24.1 Å². The predicted octanol–water partition coefficient (Wildman–Crippen LogP) is 1.81. The summed E-state index contributed by atoms with van der Waals surface area (Å²) in [6, 6.07) is 0.153. The Balaban J connectivity index is 1.18. The van der Waals surface area contributed by atoms with Gasteiger partial charge >= 0.3 is 6.09 Å². The molecule has 2 amide bonds. The van der Waals surface area contributed by atoms with Crippen molar-refractivity contribution in [1.29, 1.82) is 0 Å². The number of anilines is 2. The van der Waals surface area contributed by atoms with Crippen LogP contribution < -0.4 is 15.0 Å². The topological polar surface area (TPSA) is 110 Å². The highest BCUT2D eigenvalue weighted by molar-refractivity contribution is 6.31. The molecular weight excluding hydrogens is 443 g/mol. The van der Waals surface area contributed by atoms with Gasteiger partial charge in [-0.05, 0) is 25.5 Å². The van der Waals surface area contributed by atoms with Gasteiger partial charge in [-0.3, -0.25) is 14.7 Å². The van der Waals surface area contributed by atoms with Crippen molar-refractivity contribution in [3.8, 4) is 5.88 Å². The number of nitrogens with one attached hydrogen (secondary N) is 1. The quantitative estimate of drug-likeness (QED) is 0.716. The summed E-state index contributed by atoms with van der Waals surface area (Å²) in [7, 11) is 1.98. The number of aromatic nitrogens is 3. The zero-order chi connectivity index (χ0) is 22.4. The van der Waals surface area contributed by atoms with Gasteiger partial charge in [0.05, 0.1) is 24.0 Å². The fraction of sp³-hybridized carbons (Fsp3) is 0.450. The molecule has 168 valence electrons. The van der Waals surface area contributed by atoms with Gasteiger partial charge in [-0.25, -0.2) is 19.2 Å². The van der Waals surface area contributed by atoms with E-state index in [1.165, 1.54) is 11.1 Å². The summed E-state index contributed by atoms with van der Waals surface area (Å²) in [4.78, 5) is 40.0. The fourth-order valence-corrected chi connectivity index (χ4v) is 4.38. The Morgan fingerprint density at radius 1 is 1.31 bits per heavy atom. The number of amides is 2. The molecule has 1 N–H and O–H groups in total. The molecule has 12 heteroatoms. The SMILES string of the molecule is CN(CCC1CN(c2cnc3c(n2)NC(=O)CO3)C(=O)O1)C1Cc2ncc(F)c(Cl)c2C1. The van der Waals surface area contributed by atoms with Crippen molar-refractivity contribution in [2.45, 2.75) is 31.4 Å². The molecule has 0 aromatic carbocycles. The molecule has 1 fully saturated rings. The first-order valence-electron chi connectivity index (χ1n) is 10.2. The summed E-state index contributed by atoms with van der Waals surface area (Å²) >= 11 is 6.09. The molecule has 5 rings (SSSR count). The van der Waals surface area contributed by atoms with Crippen LogP contribution in [0.15, 0.2) is 12.4 Å². The maximum atomic E-state index is 13.7. The molecule has 2 aromatic rings. The second-order valence-electron chi connectivity index (χ2n) is 8.01. The second kappa shape index (κ2) is 8.14. The van der Waals surface area contributed by atoms with E-state index in [0.717, 1.165) is 17.5 Å². The average Bonchev–Trinajstić information content (AvgIpc) is 3.38. The van der Waals surface area contributed by atoms with Crippen LogP contribution in [-0.2, 0) is 22.4 Å². The molecule has 0 saturated carbocycles. The fourth-order valence-electron chi connectivity index (χ4n) is 4.14. The number of halogens is 2. The van der Waals surface area contributed by atoms with Gasteiger partial charge in [0.1, 0.15) is 6.10 Å². The number of hydrogen-bond acceptors (Lipinski definition) is 8. The van der Waals surface area contributed by atoms with Crippen molar-refractivity contribution in [2.75, 3.05) is 37.0 Å². The summed E-state index contributed by atoms with van der Waals surface area (Å²) in [5, 5.41) is 2.73. The van der Waals surface area contributed by atoms with E-state index in [-0.39, 0.29) is 47.2 Å². The molecule has 1 saturated heterocycles. The van der Waals surface area contributed by atoms with E-state index in [1.54, 1.807) is 0 Å². The molecule has 0 radical (unpaired) electrons. The number of cyclic esters (lactones) is 1. The first-order valence-corrected chi connectivity index (χ1v) is 10.6. The Morgan fingerprint density at radius 3 is 3.00 bits per heavy atom. The van der Waals surface area contributed by atoms with Crippen molar-refractivity contribution >= 4 is 35.2 Å². The Morgan fingerprint density at radius 2 is 2.16 bits per heavy atom. The van der Waals surface area contributed by atoms with Crippen LogP contribution in [-0.4, -0.2) is 70.7 Å². The van der Waals surface area contributed by atoms with E-state index >= 15 is 0 Å². The largest absolute Gasteiger partial charge is 0.465 e. The lowest BCUT2D eigenvalue weighted by Gasteiger charge is -2.24. The van der Waals surface area contributed by atoms with Crippen LogP contribution >= 0.6 is 11.6 Å². The van der Waals surface area contributed by atoms with Crippen LogP contribution in [0, 0.1) is 5.82 Å². The molecule has 2 atom stereocenters. The van der Waals surface area contributed by atoms with Gasteiger partial charge < -0.3 is 19.7 Å². The first kappa shape index (κ1) is 20.8. The number of carbonyl (C=O) groups excluding carboxylic acids is 2. The molecule has 2 unspecified atom stereocenters. The van der Waals surface area contributed by atoms with Gasteiger partial charge in [0.2, 0.25) is 0 Å². The third kappa shape index (κ3) is 3.82. The van der Waals surface area contributed by atoms with E-state index in [4.69, 9.17) is 21.1 Å². The standard InChI is InChI=1S/C20H20ClFN6O4/c1-27(10-4-12-14(5-10)23-6-13(22)17(12)21)3-2-11-8-28(20(30)32-11)15-7-24-19-18(25-15)26-16(29)9-31-19/h6-7,10-11H,2-5,8-9H2,1H3,(H,25,26,29). The van der Waals surface area contributed by atoms with E-state index < -0.39 is 11.9 Å². The van der Waals surface area contributed by atoms with Crippen LogP contribution in [0.3, 0.4) is 0 Å². The zero-order valence-electron chi connectivity index (χ0n) is 17.2. The van der Waals surface area contributed by atoms with E-state index in [2.05, 4.69) is 25.2 Å². The number of likely N-dealkylation sites (N-methyl/N-ethyl adjacent to an activating group) is 1. The molecule has 0 spiro atoms. The highest BCUT2D eigenvalue weighted by atomic mass is 35.5. The lowest BCUT2D eigenvalue weighted by Crippen LogP contribution is -2.35. The first-order chi connectivity index (χ1) is 15.4. The van der Waals surface area contributed by atoms with Crippen molar-refractivity contribution in [3.05, 3.63) is 34.5 Å². The molecule has 2 aliphatic heterocycles. The van der Waals surface area contributed by atoms with Gasteiger partial charge in [0, 0.05) is 24.7 Å². The van der Waals surface area contributed by atoms with E-state index in [1.807, 2.05) is 7.05 Å². The summed E-state index contributed by atoms with van der Waals surface area (Å²) in [6.07, 6.45) is 3.67. The normalized spacial score (nSPS) is 21.8. The molecule has 1 aliphatic carbocycles. The maximum Gasteiger partial charge on any atom is 0.415 e. The summed E-state index contributed by atoms with van der Waals surface area (Å²) in [5.41, 5.74) is 1.60. The minimum absolute atomic E-state index is 0.119. The summed E-state index contributed by atoms with van der Waals surface area (Å²) in [5.74, 6) is -0.153. The smallest absolute Gasteiger partial charge is 0.415 e. The highest BCUT2D eigenvalue weighted by Gasteiger charge is 2.35. The molecule has 3 aliphatic rings. The van der Waals surface area contributed by atoms with E-state index in [9.17, 15) is 14.0 Å². The summed E-state index contributed by atoms with van der Waals surface area (Å²) in [6.45, 7) is 0.869. The minimum Gasteiger partial charge on any atom is -0.465 e. The summed E-state index contributed by atoms with van der Waals surface area (Å²) < 4.78 is 24.4. The van der Waals surface area contributed by atoms with Crippen LogP contribution in [0.5, 0.6) is 5.88 Å². The Labute approximate surface area is 187 Å². The molecule has 4 heterocycles. The minimum atomic E-state index is -0.519. The molecule has 32 heavy (non-hydrogen) atoms. The highest BCUT2D eigenvalue weighted by Crippen LogP contribution is 2.32. The third-order valence-corrected chi connectivity index (χ3v) is 6.34. The van der Waals surface area contributed by atoms with Crippen LogP contribution in [0.4, 0.5) is 20.8 Å². The number of nitrogens with zero attached hydrogens (tertiary/aromatic N) is 5. The number of pyridine rings is 1. The number of carbonyl (C=O) groups is 2. The van der Waals surface area contributed by atoms with Crippen molar-refractivity contribution in [1.82, 2.24) is 19.9 Å². The number of fused-ring (bicyclic) bond motifs is 2. The monoisotopic (exact) mass is 462 g/mol. The lowest BCUT2D eigenvalue weighted by atomic mass is 10.1. The van der Waals surface area contributed by atoms with Gasteiger partial charge in [-0.1, -0.05) is 11.6 Å². The third-order valence-electron chi connectivity index (χ3n) is 5.93. The number of ether oxygens (including phenoxy) is 2. The zero-order valence-corrected chi connectivity index (χ0v) is 17.9. The molecular formula is C20H20ClFN6O4. The van der Waals surface area contributed by atoms with Crippen LogP contribution in [0.2, 0.25) is 5.02 Å². The van der Waals surface area contributed by atoms with Crippen molar-refractivity contribution in [2.24, 2.45) is 0 Å². The molecule has 0 bridgehead atoms. The predicted molar refractivity (Wildman–Crippen MR) is 111 cm³/mol. The van der Waals surface area contributed by atoms with Gasteiger partial charge in [-0.2, -0.15) is 0 Å². The lowest BCUT2D eigenvalue weighted by molar-refractivity contribution is -0.118. The number of rotatable bonds is 5. The van der Waals surface area contributed by atoms with Gasteiger partial charge in [0.25, 0.3) is 11.8 Å². The molecule has 10 nitrogen and oxygen atoms in total. The molecule has 2 aromatic heterocycles. The van der Waals surface area contributed by atoms with Crippen molar-refractivity contribution in [3.63, 3.8) is 0 Å². The Bertz CT molecular complexity index is 1100. The van der Waals surface area contributed by atoms with Gasteiger partial charge in [-0.15, -0.1) is 0 Å². The Kier molecular flexibility index (Phi) is 5.30. The van der Waals surface area contributed by atoms with Crippen molar-refractivity contribution < 1.29 is 23.5 Å². The second-order valence-corrected chi connectivity index (χ2v) is 8.39. The van der Waals surface area contributed by atoms with E-state index in [0.29, 0.717) is 32.4 Å². The average molecular weight is 463 g/mol. The maximum absolute atomic E-state index is 13.7. The van der Waals surface area contributed by atoms with Crippen LogP contribution in [0.25, 0.3) is 0 Å². The van der Waals surface area contributed by atoms with Crippen LogP contribution in [0.1, 0.15) is 17.7 Å².